The molecular formula is C11H14ClNO3. The molecule has 0 aliphatic carbocycles. The highest BCUT2D eigenvalue weighted by molar-refractivity contribution is 6.30. The summed E-state index contributed by atoms with van der Waals surface area (Å²) < 4.78 is 5.33. The van der Waals surface area contributed by atoms with E-state index in [9.17, 15) is 9.90 Å². The monoisotopic (exact) mass is 243 g/mol. The molecule has 2 atom stereocenters. The first kappa shape index (κ1) is 12.8. The molecule has 0 aromatic heterocycles. The van der Waals surface area contributed by atoms with E-state index in [-0.39, 0.29) is 0 Å². The number of ether oxygens (including phenoxy) is 1. The smallest absolute Gasteiger partial charge is 0.258 e. The van der Waals surface area contributed by atoms with Gasteiger partial charge in [-0.2, -0.15) is 0 Å². The van der Waals surface area contributed by atoms with Gasteiger partial charge in [-0.3, -0.25) is 4.79 Å². The van der Waals surface area contributed by atoms with Crippen molar-refractivity contribution < 1.29 is 14.6 Å². The normalized spacial score (nSPS) is 14.2. The molecule has 5 heteroatoms. The Hall–Kier alpha value is -1.26. The number of aliphatic hydroxyl groups is 1. The van der Waals surface area contributed by atoms with Gasteiger partial charge in [0.2, 0.25) is 0 Å². The maximum atomic E-state index is 10.9. The fraction of sp³-hybridized carbons (Fsp3) is 0.364. The molecule has 0 radical (unpaired) electrons. The Morgan fingerprint density at radius 2 is 2.12 bits per heavy atom. The number of rotatable bonds is 4. The molecule has 16 heavy (non-hydrogen) atoms. The molecule has 1 amide bonds. The Morgan fingerprint density at radius 1 is 1.50 bits per heavy atom. The van der Waals surface area contributed by atoms with E-state index in [1.165, 1.54) is 0 Å². The summed E-state index contributed by atoms with van der Waals surface area (Å²) in [7, 11) is 0. The molecule has 1 aromatic carbocycles. The number of halogens is 1. The molecule has 4 nitrogen and oxygen atoms in total. The molecule has 0 saturated heterocycles. The predicted molar refractivity (Wildman–Crippen MR) is 61.4 cm³/mol. The number of hydrogen-bond donors (Lipinski definition) is 2. The average molecular weight is 244 g/mol. The Kier molecular flexibility index (Phi) is 4.15. The number of primary amides is 1. The summed E-state index contributed by atoms with van der Waals surface area (Å²) in [5, 5.41) is 10.0. The van der Waals surface area contributed by atoms with Crippen LogP contribution in [0.15, 0.2) is 18.2 Å². The van der Waals surface area contributed by atoms with Crippen LogP contribution in [-0.2, 0) is 4.79 Å². The molecule has 0 saturated carbocycles. The van der Waals surface area contributed by atoms with Crippen LogP contribution < -0.4 is 10.5 Å². The number of hydrogen-bond acceptors (Lipinski definition) is 3. The lowest BCUT2D eigenvalue weighted by Crippen LogP contribution is -2.31. The fourth-order valence-corrected chi connectivity index (χ4v) is 1.38. The van der Waals surface area contributed by atoms with Gasteiger partial charge >= 0.3 is 0 Å². The maximum Gasteiger partial charge on any atom is 0.258 e. The molecule has 3 N–H and O–H groups in total. The lowest BCUT2D eigenvalue weighted by atomic mass is 10.1. The van der Waals surface area contributed by atoms with E-state index in [0.29, 0.717) is 16.3 Å². The highest BCUT2D eigenvalue weighted by Gasteiger charge is 2.15. The van der Waals surface area contributed by atoms with Crippen molar-refractivity contribution in [3.05, 3.63) is 28.8 Å². The average Bonchev–Trinajstić information content (AvgIpc) is 2.20. The summed E-state index contributed by atoms with van der Waals surface area (Å²) in [6, 6.07) is 4.82. The van der Waals surface area contributed by atoms with Gasteiger partial charge in [-0.25, -0.2) is 0 Å². The second-order valence-electron chi connectivity index (χ2n) is 3.52. The largest absolute Gasteiger partial charge is 0.481 e. The number of carbonyl (C=O) groups is 1. The van der Waals surface area contributed by atoms with Crippen LogP contribution in [0.5, 0.6) is 5.75 Å². The van der Waals surface area contributed by atoms with Gasteiger partial charge < -0.3 is 15.6 Å². The number of benzene rings is 1. The third-order valence-corrected chi connectivity index (χ3v) is 2.36. The lowest BCUT2D eigenvalue weighted by molar-refractivity contribution is -0.124. The number of nitrogens with two attached hydrogens (primary N) is 1. The molecule has 88 valence electrons. The van der Waals surface area contributed by atoms with E-state index >= 15 is 0 Å². The second-order valence-corrected chi connectivity index (χ2v) is 3.96. The van der Waals surface area contributed by atoms with Crippen LogP contribution in [0, 0.1) is 0 Å². The minimum absolute atomic E-state index is 0.408. The summed E-state index contributed by atoms with van der Waals surface area (Å²) in [4.78, 5) is 10.9. The second kappa shape index (κ2) is 5.18. The Labute approximate surface area is 99.0 Å². The predicted octanol–water partition coefficient (Wildman–Crippen LogP) is 1.65. The van der Waals surface area contributed by atoms with Gasteiger partial charge in [0.1, 0.15) is 5.75 Å². The first-order valence-electron chi connectivity index (χ1n) is 4.85. The molecule has 0 spiro atoms. The number of carbonyl (C=O) groups excluding carboxylic acids is 1. The van der Waals surface area contributed by atoms with Gasteiger partial charge in [-0.1, -0.05) is 11.6 Å². The van der Waals surface area contributed by atoms with Gasteiger partial charge in [0.05, 0.1) is 6.10 Å². The van der Waals surface area contributed by atoms with E-state index in [2.05, 4.69) is 0 Å². The van der Waals surface area contributed by atoms with Crippen molar-refractivity contribution in [3.63, 3.8) is 0 Å². The number of amides is 1. The molecule has 2 unspecified atom stereocenters. The van der Waals surface area contributed by atoms with Crippen molar-refractivity contribution in [1.29, 1.82) is 0 Å². The molecule has 1 rings (SSSR count). The highest BCUT2D eigenvalue weighted by atomic mass is 35.5. The number of aliphatic hydroxyl groups excluding tert-OH is 1. The third-order valence-electron chi connectivity index (χ3n) is 2.13. The van der Waals surface area contributed by atoms with Crippen molar-refractivity contribution >= 4 is 17.5 Å². The molecule has 0 bridgehead atoms. The van der Waals surface area contributed by atoms with Crippen LogP contribution in [0.1, 0.15) is 25.5 Å². The zero-order valence-electron chi connectivity index (χ0n) is 9.11. The molecule has 1 aromatic rings. The quantitative estimate of drug-likeness (QED) is 0.845. The van der Waals surface area contributed by atoms with Crippen molar-refractivity contribution in [2.45, 2.75) is 26.1 Å². The molecule has 0 aliphatic heterocycles. The first-order valence-corrected chi connectivity index (χ1v) is 5.23. The molecule has 0 heterocycles. The van der Waals surface area contributed by atoms with Crippen molar-refractivity contribution in [1.82, 2.24) is 0 Å². The molecule has 0 aliphatic rings. The van der Waals surface area contributed by atoms with Crippen LogP contribution >= 0.6 is 11.6 Å². The topological polar surface area (TPSA) is 72.6 Å². The maximum absolute atomic E-state index is 10.9. The highest BCUT2D eigenvalue weighted by Crippen LogP contribution is 2.28. The van der Waals surface area contributed by atoms with Crippen LogP contribution in [0.4, 0.5) is 0 Å². The van der Waals surface area contributed by atoms with Crippen LogP contribution in [0.3, 0.4) is 0 Å². The van der Waals surface area contributed by atoms with Crippen LogP contribution in [0.25, 0.3) is 0 Å². The summed E-state index contributed by atoms with van der Waals surface area (Å²) in [5.74, 6) is -0.155. The molecule has 0 fully saturated rings. The van der Waals surface area contributed by atoms with Crippen molar-refractivity contribution in [2.24, 2.45) is 5.73 Å². The zero-order valence-corrected chi connectivity index (χ0v) is 9.86. The first-order chi connectivity index (χ1) is 7.41. The van der Waals surface area contributed by atoms with E-state index in [0.717, 1.165) is 0 Å². The lowest BCUT2D eigenvalue weighted by Gasteiger charge is -2.16. The van der Waals surface area contributed by atoms with Crippen molar-refractivity contribution in [3.8, 4) is 5.75 Å². The summed E-state index contributed by atoms with van der Waals surface area (Å²) >= 11 is 5.80. The fourth-order valence-electron chi connectivity index (χ4n) is 1.20. The minimum Gasteiger partial charge on any atom is -0.481 e. The van der Waals surface area contributed by atoms with Gasteiger partial charge in [0.25, 0.3) is 5.91 Å². The Balaban J connectivity index is 2.99. The zero-order chi connectivity index (χ0) is 12.3. The molecular weight excluding hydrogens is 230 g/mol. The van der Waals surface area contributed by atoms with Gasteiger partial charge in [-0.15, -0.1) is 0 Å². The summed E-state index contributed by atoms with van der Waals surface area (Å²) in [5.41, 5.74) is 5.62. The van der Waals surface area contributed by atoms with Crippen LogP contribution in [0.2, 0.25) is 5.02 Å². The van der Waals surface area contributed by atoms with Crippen LogP contribution in [-0.4, -0.2) is 17.1 Å². The van der Waals surface area contributed by atoms with E-state index < -0.39 is 18.1 Å². The SMILES string of the molecule is CC(Oc1ccc(Cl)cc1C(C)O)C(N)=O. The third kappa shape index (κ3) is 3.12. The Morgan fingerprint density at radius 3 is 2.62 bits per heavy atom. The van der Waals surface area contributed by atoms with Gasteiger partial charge in [0, 0.05) is 10.6 Å². The van der Waals surface area contributed by atoms with E-state index in [4.69, 9.17) is 22.1 Å². The van der Waals surface area contributed by atoms with Gasteiger partial charge in [0.15, 0.2) is 6.10 Å². The van der Waals surface area contributed by atoms with E-state index in [1.807, 2.05) is 0 Å². The van der Waals surface area contributed by atoms with Gasteiger partial charge in [-0.05, 0) is 32.0 Å². The minimum atomic E-state index is -0.751. The van der Waals surface area contributed by atoms with Crippen molar-refractivity contribution in [2.75, 3.05) is 0 Å². The Bertz CT molecular complexity index is 393. The summed E-state index contributed by atoms with van der Waals surface area (Å²) in [6.07, 6.45) is -1.48. The standard InChI is InChI=1S/C11H14ClNO3/c1-6(14)9-5-8(12)3-4-10(9)16-7(2)11(13)15/h3-7,14H,1-2H3,(H2,13,15). The summed E-state index contributed by atoms with van der Waals surface area (Å²) in [6.45, 7) is 3.14. The van der Waals surface area contributed by atoms with E-state index in [1.54, 1.807) is 32.0 Å².